The molecule has 0 saturated carbocycles. The molecule has 1 saturated heterocycles. The van der Waals surface area contributed by atoms with Crippen LogP contribution in [0.25, 0.3) is 0 Å². The normalized spacial score (nSPS) is 33.6. The van der Waals surface area contributed by atoms with E-state index in [0.717, 1.165) is 24.5 Å². The predicted molar refractivity (Wildman–Crippen MR) is 46.5 cm³/mol. The maximum atomic E-state index is 5.38. The molecule has 1 nitrogen and oxygen atoms in total. The van der Waals surface area contributed by atoms with E-state index in [1.165, 1.54) is 6.42 Å². The topological polar surface area (TPSA) is 9.23 Å². The third-order valence-corrected chi connectivity index (χ3v) is 3.74. The number of halogens is 1. The summed E-state index contributed by atoms with van der Waals surface area (Å²) >= 11 is 3.55. The highest BCUT2D eigenvalue weighted by atomic mass is 79.9. The van der Waals surface area contributed by atoms with Crippen molar-refractivity contribution in [2.75, 3.05) is 18.5 Å². The van der Waals surface area contributed by atoms with Crippen LogP contribution in [0.3, 0.4) is 0 Å². The molecule has 0 aromatic rings. The van der Waals surface area contributed by atoms with Gasteiger partial charge >= 0.3 is 0 Å². The Balaban J connectivity index is 2.58. The van der Waals surface area contributed by atoms with Crippen molar-refractivity contribution < 1.29 is 4.74 Å². The summed E-state index contributed by atoms with van der Waals surface area (Å²) < 4.78 is 5.38. The fourth-order valence-electron chi connectivity index (χ4n) is 1.34. The van der Waals surface area contributed by atoms with Crippen LogP contribution in [0.2, 0.25) is 0 Å². The lowest BCUT2D eigenvalue weighted by Crippen LogP contribution is -2.29. The molecule has 1 fully saturated rings. The molecule has 1 atom stereocenters. The van der Waals surface area contributed by atoms with Crippen LogP contribution in [0.5, 0.6) is 0 Å². The molecule has 0 spiro atoms. The van der Waals surface area contributed by atoms with E-state index < -0.39 is 0 Å². The van der Waals surface area contributed by atoms with Crippen molar-refractivity contribution >= 4 is 15.9 Å². The highest BCUT2D eigenvalue weighted by Gasteiger charge is 2.36. The van der Waals surface area contributed by atoms with Crippen LogP contribution >= 0.6 is 15.9 Å². The van der Waals surface area contributed by atoms with Gasteiger partial charge in [0.25, 0.3) is 0 Å². The van der Waals surface area contributed by atoms with E-state index in [2.05, 4.69) is 29.8 Å². The first-order valence-electron chi connectivity index (χ1n) is 3.85. The number of hydrogen-bond acceptors (Lipinski definition) is 1. The first kappa shape index (κ1) is 8.54. The van der Waals surface area contributed by atoms with Gasteiger partial charge in [-0.05, 0) is 12.3 Å². The van der Waals surface area contributed by atoms with Gasteiger partial charge in [-0.3, -0.25) is 0 Å². The molecule has 0 radical (unpaired) electrons. The molecule has 1 aliphatic rings. The van der Waals surface area contributed by atoms with Crippen molar-refractivity contribution in [1.29, 1.82) is 0 Å². The number of rotatable bonds is 2. The Bertz CT molecular complexity index is 106. The fourth-order valence-corrected chi connectivity index (χ4v) is 2.43. The number of alkyl halides is 1. The Morgan fingerprint density at radius 2 is 2.30 bits per heavy atom. The lowest BCUT2D eigenvalue weighted by atomic mass is 9.79. The second-order valence-corrected chi connectivity index (χ2v) is 4.01. The van der Waals surface area contributed by atoms with Crippen molar-refractivity contribution in [3.63, 3.8) is 0 Å². The van der Waals surface area contributed by atoms with E-state index in [0.29, 0.717) is 5.41 Å². The lowest BCUT2D eigenvalue weighted by Gasteiger charge is -2.29. The van der Waals surface area contributed by atoms with E-state index >= 15 is 0 Å². The predicted octanol–water partition coefficient (Wildman–Crippen LogP) is 2.44. The first-order chi connectivity index (χ1) is 4.71. The van der Waals surface area contributed by atoms with Crippen LogP contribution in [0.15, 0.2) is 0 Å². The SMILES string of the molecule is CC(C)C1(CBr)CCOC1. The second-order valence-electron chi connectivity index (χ2n) is 3.45. The second kappa shape index (κ2) is 3.22. The monoisotopic (exact) mass is 206 g/mol. The van der Waals surface area contributed by atoms with Crippen LogP contribution < -0.4 is 0 Å². The van der Waals surface area contributed by atoms with Crippen LogP contribution in [-0.4, -0.2) is 18.5 Å². The molecule has 1 rings (SSSR count). The molecule has 1 aliphatic heterocycles. The van der Waals surface area contributed by atoms with E-state index in [1.807, 2.05) is 0 Å². The smallest absolute Gasteiger partial charge is 0.0533 e. The molecule has 0 aromatic carbocycles. The number of ether oxygens (including phenoxy) is 1. The maximum absolute atomic E-state index is 5.38. The Hall–Kier alpha value is 0.440. The summed E-state index contributed by atoms with van der Waals surface area (Å²) in [5.74, 6) is 0.731. The number of hydrogen-bond donors (Lipinski definition) is 0. The Kier molecular flexibility index (Phi) is 2.75. The third-order valence-electron chi connectivity index (χ3n) is 2.62. The van der Waals surface area contributed by atoms with Crippen molar-refractivity contribution in [1.82, 2.24) is 0 Å². The third kappa shape index (κ3) is 1.37. The molecular formula is C8H15BrO. The molecule has 10 heavy (non-hydrogen) atoms. The van der Waals surface area contributed by atoms with Gasteiger partial charge < -0.3 is 4.74 Å². The zero-order chi connectivity index (χ0) is 7.61. The van der Waals surface area contributed by atoms with Crippen molar-refractivity contribution in [2.24, 2.45) is 11.3 Å². The van der Waals surface area contributed by atoms with Gasteiger partial charge in [-0.25, -0.2) is 0 Å². The highest BCUT2D eigenvalue weighted by Crippen LogP contribution is 2.37. The van der Waals surface area contributed by atoms with Gasteiger partial charge in [-0.1, -0.05) is 29.8 Å². The molecule has 0 amide bonds. The fraction of sp³-hybridized carbons (Fsp3) is 1.00. The Morgan fingerprint density at radius 1 is 1.60 bits per heavy atom. The minimum Gasteiger partial charge on any atom is -0.381 e. The molecule has 0 N–H and O–H groups in total. The average Bonchev–Trinajstić information content (AvgIpc) is 2.35. The Labute approximate surface area is 71.3 Å². The van der Waals surface area contributed by atoms with Crippen LogP contribution in [0, 0.1) is 11.3 Å². The van der Waals surface area contributed by atoms with Crippen molar-refractivity contribution in [3.05, 3.63) is 0 Å². The summed E-state index contributed by atoms with van der Waals surface area (Å²) in [7, 11) is 0. The summed E-state index contributed by atoms with van der Waals surface area (Å²) in [5.41, 5.74) is 0.431. The summed E-state index contributed by atoms with van der Waals surface area (Å²) in [6, 6.07) is 0. The van der Waals surface area contributed by atoms with Crippen molar-refractivity contribution in [2.45, 2.75) is 20.3 Å². The first-order valence-corrected chi connectivity index (χ1v) is 4.97. The molecule has 0 aromatic heterocycles. The average molecular weight is 207 g/mol. The summed E-state index contributed by atoms with van der Waals surface area (Å²) in [6.45, 7) is 6.44. The van der Waals surface area contributed by atoms with E-state index in [9.17, 15) is 0 Å². The van der Waals surface area contributed by atoms with Crippen LogP contribution in [-0.2, 0) is 4.74 Å². The van der Waals surface area contributed by atoms with Crippen LogP contribution in [0.1, 0.15) is 20.3 Å². The quantitative estimate of drug-likeness (QED) is 0.632. The Morgan fingerprint density at radius 3 is 2.50 bits per heavy atom. The van der Waals surface area contributed by atoms with Gasteiger partial charge in [0.1, 0.15) is 0 Å². The molecule has 0 bridgehead atoms. The lowest BCUT2D eigenvalue weighted by molar-refractivity contribution is 0.137. The minimum absolute atomic E-state index is 0.431. The van der Waals surface area contributed by atoms with Gasteiger partial charge in [-0.2, -0.15) is 0 Å². The van der Waals surface area contributed by atoms with Crippen LogP contribution in [0.4, 0.5) is 0 Å². The highest BCUT2D eigenvalue weighted by molar-refractivity contribution is 9.09. The maximum Gasteiger partial charge on any atom is 0.0533 e. The molecular weight excluding hydrogens is 192 g/mol. The van der Waals surface area contributed by atoms with E-state index in [4.69, 9.17) is 4.74 Å². The van der Waals surface area contributed by atoms with Crippen molar-refractivity contribution in [3.8, 4) is 0 Å². The molecule has 0 aliphatic carbocycles. The summed E-state index contributed by atoms with van der Waals surface area (Å²) in [5, 5.41) is 1.08. The molecule has 1 unspecified atom stereocenters. The van der Waals surface area contributed by atoms with Gasteiger partial charge in [-0.15, -0.1) is 0 Å². The minimum atomic E-state index is 0.431. The zero-order valence-corrected chi connectivity index (χ0v) is 8.28. The summed E-state index contributed by atoms with van der Waals surface area (Å²) in [6.07, 6.45) is 1.22. The largest absolute Gasteiger partial charge is 0.381 e. The van der Waals surface area contributed by atoms with Gasteiger partial charge in [0.05, 0.1) is 6.61 Å². The zero-order valence-electron chi connectivity index (χ0n) is 6.69. The summed E-state index contributed by atoms with van der Waals surface area (Å²) in [4.78, 5) is 0. The van der Waals surface area contributed by atoms with Gasteiger partial charge in [0.2, 0.25) is 0 Å². The molecule has 1 heterocycles. The molecule has 60 valence electrons. The van der Waals surface area contributed by atoms with Gasteiger partial charge in [0, 0.05) is 17.4 Å². The molecule has 2 heteroatoms. The standard InChI is InChI=1S/C8H15BrO/c1-7(2)8(5-9)3-4-10-6-8/h7H,3-6H2,1-2H3. The van der Waals surface area contributed by atoms with E-state index in [-0.39, 0.29) is 0 Å². The van der Waals surface area contributed by atoms with Gasteiger partial charge in [0.15, 0.2) is 0 Å². The van der Waals surface area contributed by atoms with E-state index in [1.54, 1.807) is 0 Å².